The van der Waals surface area contributed by atoms with Crippen molar-refractivity contribution in [1.29, 1.82) is 5.26 Å². The van der Waals surface area contributed by atoms with Crippen molar-refractivity contribution in [3.8, 4) is 6.07 Å². The van der Waals surface area contributed by atoms with E-state index in [1.807, 2.05) is 12.1 Å². The van der Waals surface area contributed by atoms with Gasteiger partial charge in [0.2, 0.25) is 0 Å². The third-order valence-electron chi connectivity index (χ3n) is 2.81. The molecule has 2 aromatic rings. The SMILES string of the molecule is Cc1nc(C)c(C(=O)O)c(SCc2cccc(C#N)c2)n1. The Balaban J connectivity index is 2.27. The van der Waals surface area contributed by atoms with Crippen LogP contribution in [-0.2, 0) is 5.75 Å². The summed E-state index contributed by atoms with van der Waals surface area (Å²) in [4.78, 5) is 19.6. The molecule has 21 heavy (non-hydrogen) atoms. The van der Waals surface area contributed by atoms with Crippen molar-refractivity contribution < 1.29 is 9.90 Å². The van der Waals surface area contributed by atoms with Gasteiger partial charge in [0.1, 0.15) is 16.4 Å². The molecule has 0 saturated heterocycles. The molecule has 5 nitrogen and oxygen atoms in total. The van der Waals surface area contributed by atoms with Gasteiger partial charge in [-0.2, -0.15) is 5.26 Å². The summed E-state index contributed by atoms with van der Waals surface area (Å²) in [5.41, 5.74) is 2.14. The number of aryl methyl sites for hydroxylation is 2. The van der Waals surface area contributed by atoms with E-state index < -0.39 is 5.97 Å². The maximum Gasteiger partial charge on any atom is 0.340 e. The first-order valence-corrected chi connectivity index (χ1v) is 7.20. The van der Waals surface area contributed by atoms with Crippen LogP contribution in [-0.4, -0.2) is 21.0 Å². The average molecular weight is 299 g/mol. The molecule has 0 spiro atoms. The molecule has 0 aliphatic heterocycles. The quantitative estimate of drug-likeness (QED) is 0.690. The van der Waals surface area contributed by atoms with Crippen LogP contribution in [0.25, 0.3) is 0 Å². The van der Waals surface area contributed by atoms with E-state index in [0.717, 1.165) is 5.56 Å². The zero-order valence-corrected chi connectivity index (χ0v) is 12.4. The summed E-state index contributed by atoms with van der Waals surface area (Å²) in [6.45, 7) is 3.40. The Labute approximate surface area is 126 Å². The number of thioether (sulfide) groups is 1. The third kappa shape index (κ3) is 3.58. The van der Waals surface area contributed by atoms with E-state index in [0.29, 0.717) is 27.9 Å². The minimum atomic E-state index is -1.03. The fourth-order valence-electron chi connectivity index (χ4n) is 1.91. The normalized spacial score (nSPS) is 10.1. The van der Waals surface area contributed by atoms with Crippen molar-refractivity contribution >= 4 is 17.7 Å². The molecule has 1 aromatic carbocycles. The van der Waals surface area contributed by atoms with Crippen LogP contribution in [0.1, 0.15) is 33.0 Å². The van der Waals surface area contributed by atoms with E-state index in [1.165, 1.54) is 11.8 Å². The van der Waals surface area contributed by atoms with Crippen LogP contribution in [0.15, 0.2) is 29.3 Å². The molecule has 0 unspecified atom stereocenters. The van der Waals surface area contributed by atoms with Crippen LogP contribution in [0.4, 0.5) is 0 Å². The predicted molar refractivity (Wildman–Crippen MR) is 79.2 cm³/mol. The fraction of sp³-hybridized carbons (Fsp3) is 0.200. The average Bonchev–Trinajstić information content (AvgIpc) is 2.44. The first-order valence-electron chi connectivity index (χ1n) is 6.21. The first-order chi connectivity index (χ1) is 10.0. The topological polar surface area (TPSA) is 86.9 Å². The van der Waals surface area contributed by atoms with Gasteiger partial charge in [0.25, 0.3) is 0 Å². The van der Waals surface area contributed by atoms with E-state index in [1.54, 1.807) is 26.0 Å². The molecule has 0 radical (unpaired) electrons. The molecule has 1 aromatic heterocycles. The Bertz CT molecular complexity index is 738. The van der Waals surface area contributed by atoms with E-state index in [2.05, 4.69) is 16.0 Å². The molecule has 0 fully saturated rings. The minimum absolute atomic E-state index is 0.141. The van der Waals surface area contributed by atoms with Crippen LogP contribution in [0.5, 0.6) is 0 Å². The Kier molecular flexibility index (Phi) is 4.55. The van der Waals surface area contributed by atoms with Gasteiger partial charge in [-0.1, -0.05) is 12.1 Å². The first kappa shape index (κ1) is 15.0. The van der Waals surface area contributed by atoms with Gasteiger partial charge in [-0.25, -0.2) is 14.8 Å². The zero-order chi connectivity index (χ0) is 15.4. The second-order valence-electron chi connectivity index (χ2n) is 4.44. The van der Waals surface area contributed by atoms with E-state index in [-0.39, 0.29) is 5.56 Å². The van der Waals surface area contributed by atoms with Gasteiger partial charge in [0, 0.05) is 5.75 Å². The summed E-state index contributed by atoms with van der Waals surface area (Å²) in [6, 6.07) is 9.31. The molecule has 1 N–H and O–H groups in total. The summed E-state index contributed by atoms with van der Waals surface area (Å²) in [7, 11) is 0. The largest absolute Gasteiger partial charge is 0.478 e. The van der Waals surface area contributed by atoms with Crippen molar-refractivity contribution in [2.24, 2.45) is 0 Å². The molecule has 6 heteroatoms. The number of hydrogen-bond donors (Lipinski definition) is 1. The number of nitrogens with zero attached hydrogens (tertiary/aromatic N) is 3. The minimum Gasteiger partial charge on any atom is -0.478 e. The van der Waals surface area contributed by atoms with Gasteiger partial charge in [0.05, 0.1) is 17.3 Å². The highest BCUT2D eigenvalue weighted by Gasteiger charge is 2.17. The Morgan fingerprint density at radius 3 is 2.81 bits per heavy atom. The number of rotatable bonds is 4. The summed E-state index contributed by atoms with van der Waals surface area (Å²) < 4.78 is 0. The standard InChI is InChI=1S/C15H13N3O2S/c1-9-13(15(19)20)14(18-10(2)17-9)21-8-12-5-3-4-11(6-12)7-16/h3-6H,8H2,1-2H3,(H,19,20). The molecule has 2 rings (SSSR count). The summed E-state index contributed by atoms with van der Waals surface area (Å²) in [6.07, 6.45) is 0. The van der Waals surface area contributed by atoms with Crippen molar-refractivity contribution in [3.05, 3.63) is 52.5 Å². The molecule has 0 aliphatic carbocycles. The number of benzene rings is 1. The smallest absolute Gasteiger partial charge is 0.340 e. The lowest BCUT2D eigenvalue weighted by molar-refractivity contribution is 0.0690. The summed E-state index contributed by atoms with van der Waals surface area (Å²) in [5, 5.41) is 18.6. The highest BCUT2D eigenvalue weighted by molar-refractivity contribution is 7.98. The van der Waals surface area contributed by atoms with Crippen molar-refractivity contribution in [3.63, 3.8) is 0 Å². The van der Waals surface area contributed by atoms with Crippen molar-refractivity contribution in [1.82, 2.24) is 9.97 Å². The maximum atomic E-state index is 11.3. The van der Waals surface area contributed by atoms with E-state index >= 15 is 0 Å². The Hall–Kier alpha value is -2.39. The summed E-state index contributed by atoms with van der Waals surface area (Å²) in [5.74, 6) is 0.0673. The molecule has 0 aliphatic rings. The fourth-order valence-corrected chi connectivity index (χ4v) is 2.97. The molecule has 1 heterocycles. The monoisotopic (exact) mass is 299 g/mol. The zero-order valence-electron chi connectivity index (χ0n) is 11.6. The molecular weight excluding hydrogens is 286 g/mol. The van der Waals surface area contributed by atoms with E-state index in [4.69, 9.17) is 5.26 Å². The lowest BCUT2D eigenvalue weighted by Gasteiger charge is -2.08. The number of aromatic carboxylic acids is 1. The number of carboxylic acid groups (broad SMARTS) is 1. The van der Waals surface area contributed by atoms with Crippen molar-refractivity contribution in [2.45, 2.75) is 24.6 Å². The van der Waals surface area contributed by atoms with Crippen LogP contribution < -0.4 is 0 Å². The van der Waals surface area contributed by atoms with Crippen molar-refractivity contribution in [2.75, 3.05) is 0 Å². The van der Waals surface area contributed by atoms with Gasteiger partial charge in [-0.15, -0.1) is 11.8 Å². The molecule has 0 bridgehead atoms. The number of hydrogen-bond acceptors (Lipinski definition) is 5. The van der Waals surface area contributed by atoms with E-state index in [9.17, 15) is 9.90 Å². The lowest BCUT2D eigenvalue weighted by atomic mass is 10.2. The number of nitriles is 1. The van der Waals surface area contributed by atoms with Gasteiger partial charge in [-0.05, 0) is 31.5 Å². The van der Waals surface area contributed by atoms with Crippen LogP contribution in [0.2, 0.25) is 0 Å². The molecule has 0 saturated carbocycles. The maximum absolute atomic E-state index is 11.3. The highest BCUT2D eigenvalue weighted by atomic mass is 32.2. The second-order valence-corrected chi connectivity index (χ2v) is 5.41. The molecular formula is C15H13N3O2S. The highest BCUT2D eigenvalue weighted by Crippen LogP contribution is 2.26. The van der Waals surface area contributed by atoms with Crippen LogP contribution in [0.3, 0.4) is 0 Å². The van der Waals surface area contributed by atoms with Crippen LogP contribution in [0, 0.1) is 25.2 Å². The Morgan fingerprint density at radius 2 is 2.14 bits per heavy atom. The number of carboxylic acids is 1. The lowest BCUT2D eigenvalue weighted by Crippen LogP contribution is -2.08. The Morgan fingerprint density at radius 1 is 1.38 bits per heavy atom. The van der Waals surface area contributed by atoms with Gasteiger partial charge in [0.15, 0.2) is 0 Å². The van der Waals surface area contributed by atoms with Gasteiger partial charge >= 0.3 is 5.97 Å². The molecule has 0 atom stereocenters. The molecule has 106 valence electrons. The van der Waals surface area contributed by atoms with Gasteiger partial charge < -0.3 is 5.11 Å². The van der Waals surface area contributed by atoms with Gasteiger partial charge in [-0.3, -0.25) is 0 Å². The number of aromatic nitrogens is 2. The molecule has 0 amide bonds. The predicted octanol–water partition coefficient (Wildman–Crippen LogP) is 2.96. The second kappa shape index (κ2) is 6.37. The number of carbonyl (C=O) groups is 1. The summed E-state index contributed by atoms with van der Waals surface area (Å²) >= 11 is 1.33. The van der Waals surface area contributed by atoms with Crippen LogP contribution >= 0.6 is 11.8 Å². The third-order valence-corrected chi connectivity index (χ3v) is 3.86.